The van der Waals surface area contributed by atoms with Crippen molar-refractivity contribution >= 4 is 22.5 Å². The molecule has 1 aliphatic rings. The monoisotopic (exact) mass is 410 g/mol. The van der Waals surface area contributed by atoms with E-state index in [1.165, 1.54) is 10.6 Å². The Hall–Kier alpha value is -3.20. The van der Waals surface area contributed by atoms with E-state index in [0.717, 1.165) is 30.2 Å². The number of pyridine rings is 1. The van der Waals surface area contributed by atoms with Crippen molar-refractivity contribution in [2.75, 3.05) is 5.73 Å². The van der Waals surface area contributed by atoms with Gasteiger partial charge in [0.25, 0.3) is 0 Å². The molecule has 0 spiro atoms. The van der Waals surface area contributed by atoms with Crippen LogP contribution in [0.2, 0.25) is 0 Å². The third kappa shape index (κ3) is 2.97. The molecule has 1 fully saturated rings. The Morgan fingerprint density at radius 2 is 1.90 bits per heavy atom. The van der Waals surface area contributed by atoms with Gasteiger partial charge in [0, 0.05) is 35.4 Å². The molecule has 30 heavy (non-hydrogen) atoms. The van der Waals surface area contributed by atoms with Crippen molar-refractivity contribution in [3.8, 4) is 0 Å². The van der Waals surface area contributed by atoms with Gasteiger partial charge in [0.15, 0.2) is 17.3 Å². The summed E-state index contributed by atoms with van der Waals surface area (Å²) in [7, 11) is 0. The molecule has 3 N–H and O–H groups in total. The van der Waals surface area contributed by atoms with Gasteiger partial charge in [0.05, 0.1) is 11.0 Å². The average molecular weight is 410 g/mol. The van der Waals surface area contributed by atoms with Crippen LogP contribution in [0.5, 0.6) is 0 Å². The van der Waals surface area contributed by atoms with Gasteiger partial charge in [-0.25, -0.2) is 18.7 Å². The van der Waals surface area contributed by atoms with Crippen molar-refractivity contribution in [1.82, 2.24) is 24.6 Å². The first kappa shape index (κ1) is 18.8. The van der Waals surface area contributed by atoms with Gasteiger partial charge in [-0.1, -0.05) is 6.07 Å². The lowest BCUT2D eigenvalue weighted by Crippen LogP contribution is -2.23. The fourth-order valence-corrected chi connectivity index (χ4v) is 3.93. The molecule has 3 aromatic heterocycles. The Balaban J connectivity index is 1.43. The Kier molecular flexibility index (Phi) is 4.01. The second kappa shape index (κ2) is 6.40. The minimum atomic E-state index is -0.927. The molecule has 7 nitrogen and oxygen atoms in total. The van der Waals surface area contributed by atoms with Crippen molar-refractivity contribution in [2.45, 2.75) is 44.1 Å². The minimum absolute atomic E-state index is 0.00139. The molecule has 154 valence electrons. The van der Waals surface area contributed by atoms with Crippen LogP contribution in [0.25, 0.3) is 16.6 Å². The number of benzene rings is 1. The second-order valence-electron chi connectivity index (χ2n) is 8.36. The van der Waals surface area contributed by atoms with Gasteiger partial charge >= 0.3 is 0 Å². The number of hydrogen-bond acceptors (Lipinski definition) is 6. The molecule has 9 heteroatoms. The molecule has 0 bridgehead atoms. The molecule has 1 aliphatic carbocycles. The standard InChI is InChI=1S/C21H20F2N6O/c1-21(2,30)12-3-4-16(25-9-12)10-5-11(6-10)18-27-19-14-7-13(22)8-15(23)17(14)26-20(24)29(19)28-18/h3-4,7-11,30H,5-6H2,1-2H3,(H2,24,26)/t10-,11-. The third-order valence-corrected chi connectivity index (χ3v) is 5.75. The zero-order valence-corrected chi connectivity index (χ0v) is 16.5. The van der Waals surface area contributed by atoms with Gasteiger partial charge in [-0.3, -0.25) is 4.98 Å². The lowest BCUT2D eigenvalue weighted by molar-refractivity contribution is 0.0781. The summed E-state index contributed by atoms with van der Waals surface area (Å²) >= 11 is 0. The predicted molar refractivity (Wildman–Crippen MR) is 107 cm³/mol. The quantitative estimate of drug-likeness (QED) is 0.537. The average Bonchev–Trinajstić information content (AvgIpc) is 3.07. The summed E-state index contributed by atoms with van der Waals surface area (Å²) in [6.07, 6.45) is 3.31. The van der Waals surface area contributed by atoms with Crippen LogP contribution < -0.4 is 5.73 Å². The van der Waals surface area contributed by atoms with E-state index < -0.39 is 17.2 Å². The molecule has 0 atom stereocenters. The first-order chi connectivity index (χ1) is 14.2. The van der Waals surface area contributed by atoms with E-state index in [1.807, 2.05) is 12.1 Å². The van der Waals surface area contributed by atoms with Gasteiger partial charge in [-0.15, -0.1) is 5.10 Å². The Morgan fingerprint density at radius 3 is 2.57 bits per heavy atom. The van der Waals surface area contributed by atoms with Crippen LogP contribution >= 0.6 is 0 Å². The molecule has 5 rings (SSSR count). The van der Waals surface area contributed by atoms with Gasteiger partial charge in [-0.05, 0) is 38.8 Å². The molecule has 3 heterocycles. The smallest absolute Gasteiger partial charge is 0.223 e. The summed E-state index contributed by atoms with van der Waals surface area (Å²) in [4.78, 5) is 13.0. The van der Waals surface area contributed by atoms with Crippen molar-refractivity contribution in [2.24, 2.45) is 0 Å². The highest BCUT2D eigenvalue weighted by Crippen LogP contribution is 2.46. The summed E-state index contributed by atoms with van der Waals surface area (Å²) in [6, 6.07) is 5.79. The molecule has 0 unspecified atom stereocenters. The van der Waals surface area contributed by atoms with E-state index >= 15 is 0 Å². The van der Waals surface area contributed by atoms with Crippen LogP contribution in [0.3, 0.4) is 0 Å². The predicted octanol–water partition coefficient (Wildman–Crippen LogP) is 3.42. The normalized spacial score (nSPS) is 19.4. The summed E-state index contributed by atoms with van der Waals surface area (Å²) < 4.78 is 29.2. The first-order valence-corrected chi connectivity index (χ1v) is 9.70. The van der Waals surface area contributed by atoms with Crippen molar-refractivity contribution in [1.29, 1.82) is 0 Å². The summed E-state index contributed by atoms with van der Waals surface area (Å²) in [5, 5.41) is 14.7. The molecule has 0 radical (unpaired) electrons. The van der Waals surface area contributed by atoms with E-state index in [9.17, 15) is 13.9 Å². The van der Waals surface area contributed by atoms with Crippen molar-refractivity contribution < 1.29 is 13.9 Å². The number of nitrogen functional groups attached to an aromatic ring is 1. The van der Waals surface area contributed by atoms with E-state index in [-0.39, 0.29) is 28.7 Å². The van der Waals surface area contributed by atoms with Crippen molar-refractivity contribution in [3.05, 3.63) is 59.2 Å². The van der Waals surface area contributed by atoms with E-state index in [4.69, 9.17) is 5.73 Å². The number of nitrogens with two attached hydrogens (primary N) is 1. The maximum absolute atomic E-state index is 14.1. The largest absolute Gasteiger partial charge is 0.386 e. The first-order valence-electron chi connectivity index (χ1n) is 9.70. The topological polar surface area (TPSA) is 102 Å². The highest BCUT2D eigenvalue weighted by molar-refractivity contribution is 5.92. The van der Waals surface area contributed by atoms with Gasteiger partial charge < -0.3 is 10.8 Å². The zero-order valence-electron chi connectivity index (χ0n) is 16.5. The number of aromatic nitrogens is 5. The third-order valence-electron chi connectivity index (χ3n) is 5.75. The van der Waals surface area contributed by atoms with Crippen LogP contribution in [0.15, 0.2) is 30.5 Å². The number of fused-ring (bicyclic) bond motifs is 3. The SMILES string of the molecule is CC(C)(O)c1ccc([C@H]2C[C@H](c3nc4c5cc(F)cc(F)c5nc(N)n4n3)C2)nc1. The Morgan fingerprint density at radius 1 is 1.13 bits per heavy atom. The number of nitrogens with zero attached hydrogens (tertiary/aromatic N) is 5. The van der Waals surface area contributed by atoms with Crippen LogP contribution in [-0.4, -0.2) is 29.7 Å². The summed E-state index contributed by atoms with van der Waals surface area (Å²) in [5.41, 5.74) is 6.99. The van der Waals surface area contributed by atoms with Crippen LogP contribution in [0.1, 0.15) is 55.6 Å². The molecular formula is C21H20F2N6O. The molecule has 1 aromatic carbocycles. The fraction of sp³-hybridized carbons (Fsp3) is 0.333. The highest BCUT2D eigenvalue weighted by atomic mass is 19.1. The van der Waals surface area contributed by atoms with Crippen LogP contribution in [0.4, 0.5) is 14.7 Å². The second-order valence-corrected chi connectivity index (χ2v) is 8.36. The molecule has 0 aliphatic heterocycles. The highest BCUT2D eigenvalue weighted by Gasteiger charge is 2.35. The van der Waals surface area contributed by atoms with Gasteiger partial charge in [0.1, 0.15) is 11.3 Å². The van der Waals surface area contributed by atoms with Crippen LogP contribution in [0, 0.1) is 11.6 Å². The number of aliphatic hydroxyl groups is 1. The number of halogens is 2. The maximum Gasteiger partial charge on any atom is 0.223 e. The lowest BCUT2D eigenvalue weighted by Gasteiger charge is -2.33. The molecule has 1 saturated carbocycles. The van der Waals surface area contributed by atoms with Crippen LogP contribution in [-0.2, 0) is 5.60 Å². The number of hydrogen-bond donors (Lipinski definition) is 2. The van der Waals surface area contributed by atoms with E-state index in [0.29, 0.717) is 11.5 Å². The summed E-state index contributed by atoms with van der Waals surface area (Å²) in [6.45, 7) is 3.44. The van der Waals surface area contributed by atoms with Gasteiger partial charge in [-0.2, -0.15) is 4.52 Å². The van der Waals surface area contributed by atoms with Gasteiger partial charge in [0.2, 0.25) is 5.95 Å². The lowest BCUT2D eigenvalue weighted by atomic mass is 9.72. The Bertz CT molecular complexity index is 1270. The molecule has 0 saturated heterocycles. The fourth-order valence-electron chi connectivity index (χ4n) is 3.93. The Labute approximate surface area is 170 Å². The molecular weight excluding hydrogens is 390 g/mol. The molecule has 0 amide bonds. The minimum Gasteiger partial charge on any atom is -0.386 e. The summed E-state index contributed by atoms with van der Waals surface area (Å²) in [5.74, 6) is -0.556. The van der Waals surface area contributed by atoms with E-state index in [1.54, 1.807) is 20.0 Å². The van der Waals surface area contributed by atoms with E-state index in [2.05, 4.69) is 20.1 Å². The maximum atomic E-state index is 14.1. The number of rotatable bonds is 3. The van der Waals surface area contributed by atoms with Crippen molar-refractivity contribution in [3.63, 3.8) is 0 Å². The zero-order chi connectivity index (χ0) is 21.2. The molecule has 4 aromatic rings. The number of anilines is 1.